The van der Waals surface area contributed by atoms with E-state index in [2.05, 4.69) is 0 Å². The first-order valence-corrected chi connectivity index (χ1v) is 10.6. The van der Waals surface area contributed by atoms with Gasteiger partial charge in [0.2, 0.25) is 5.91 Å². The summed E-state index contributed by atoms with van der Waals surface area (Å²) in [6, 6.07) is 5.18. The van der Waals surface area contributed by atoms with Crippen molar-refractivity contribution in [2.24, 2.45) is 0 Å². The summed E-state index contributed by atoms with van der Waals surface area (Å²) in [5.41, 5.74) is 0.811. The second-order valence-electron chi connectivity index (χ2n) is 6.39. The van der Waals surface area contributed by atoms with E-state index >= 15 is 0 Å². The van der Waals surface area contributed by atoms with E-state index in [4.69, 9.17) is 9.47 Å². The normalized spacial score (nSPS) is 18.8. The molecule has 1 heterocycles. The Bertz CT molecular complexity index is 757. The monoisotopic (exact) mass is 381 g/mol. The molecule has 0 spiro atoms. The minimum atomic E-state index is -3.03. The molecule has 0 aromatic heterocycles. The number of rotatable bonds is 8. The Morgan fingerprint density at radius 3 is 2.58 bits per heavy atom. The first kappa shape index (κ1) is 20.3. The number of benzene rings is 1. The van der Waals surface area contributed by atoms with Crippen LogP contribution in [0.3, 0.4) is 0 Å². The molecular formula is C19H27NO5S. The Morgan fingerprint density at radius 2 is 2.00 bits per heavy atom. The van der Waals surface area contributed by atoms with Gasteiger partial charge in [-0.15, -0.1) is 0 Å². The maximum Gasteiger partial charge on any atom is 0.246 e. The molecule has 0 bridgehead atoms. The number of carbonyl (C=O) groups excluding carboxylic acids is 1. The van der Waals surface area contributed by atoms with Crippen molar-refractivity contribution in [3.8, 4) is 11.5 Å². The Labute approximate surface area is 155 Å². The van der Waals surface area contributed by atoms with E-state index in [1.807, 2.05) is 13.0 Å². The molecule has 0 saturated carbocycles. The third-order valence-corrected chi connectivity index (χ3v) is 6.26. The van der Waals surface area contributed by atoms with E-state index in [0.717, 1.165) is 18.4 Å². The van der Waals surface area contributed by atoms with Gasteiger partial charge in [-0.3, -0.25) is 4.79 Å². The fraction of sp³-hybridized carbons (Fsp3) is 0.526. The molecule has 1 unspecified atom stereocenters. The number of hydrogen-bond acceptors (Lipinski definition) is 5. The molecule has 0 radical (unpaired) electrons. The lowest BCUT2D eigenvalue weighted by atomic mass is 10.1. The Hall–Kier alpha value is -2.02. The highest BCUT2D eigenvalue weighted by Crippen LogP contribution is 2.28. The fourth-order valence-electron chi connectivity index (χ4n) is 3.04. The van der Waals surface area contributed by atoms with Crippen LogP contribution in [-0.2, 0) is 14.6 Å². The van der Waals surface area contributed by atoms with Gasteiger partial charge in [0.1, 0.15) is 0 Å². The summed E-state index contributed by atoms with van der Waals surface area (Å²) in [5, 5.41) is 0. The van der Waals surface area contributed by atoms with E-state index < -0.39 is 9.84 Å². The summed E-state index contributed by atoms with van der Waals surface area (Å²) < 4.78 is 34.0. The van der Waals surface area contributed by atoms with Crippen molar-refractivity contribution in [3.63, 3.8) is 0 Å². The van der Waals surface area contributed by atoms with Crippen molar-refractivity contribution in [2.45, 2.75) is 32.2 Å². The Balaban J connectivity index is 2.14. The third-order valence-electron chi connectivity index (χ3n) is 4.51. The SMILES string of the molecule is CCCCN(C(=O)/C=C/c1ccc(OC)c(OC)c1)C1CCS(=O)(=O)C1. The molecule has 1 saturated heterocycles. The zero-order valence-corrected chi connectivity index (χ0v) is 16.4. The van der Waals surface area contributed by atoms with Crippen molar-refractivity contribution in [3.05, 3.63) is 29.8 Å². The summed E-state index contributed by atoms with van der Waals surface area (Å²) in [6.07, 6.45) is 5.53. The van der Waals surface area contributed by atoms with Crippen LogP contribution in [-0.4, -0.2) is 57.5 Å². The van der Waals surface area contributed by atoms with Crippen molar-refractivity contribution in [1.82, 2.24) is 4.90 Å². The smallest absolute Gasteiger partial charge is 0.246 e. The van der Waals surface area contributed by atoms with E-state index in [1.54, 1.807) is 37.3 Å². The molecule has 7 heteroatoms. The van der Waals surface area contributed by atoms with Crippen LogP contribution in [0.25, 0.3) is 6.08 Å². The zero-order valence-electron chi connectivity index (χ0n) is 15.6. The summed E-state index contributed by atoms with van der Waals surface area (Å²) in [6.45, 7) is 2.62. The first-order valence-electron chi connectivity index (χ1n) is 8.81. The van der Waals surface area contributed by atoms with Crippen LogP contribution in [0, 0.1) is 0 Å². The molecule has 6 nitrogen and oxygen atoms in total. The van der Waals surface area contributed by atoms with Crippen molar-refractivity contribution < 1.29 is 22.7 Å². The minimum Gasteiger partial charge on any atom is -0.493 e. The number of ether oxygens (including phenoxy) is 2. The Kier molecular flexibility index (Phi) is 7.08. The summed E-state index contributed by atoms with van der Waals surface area (Å²) in [4.78, 5) is 14.4. The zero-order chi connectivity index (χ0) is 19.2. The maximum atomic E-state index is 12.7. The molecule has 1 atom stereocenters. The standard InChI is InChI=1S/C19H27NO5S/c1-4-5-11-20(16-10-12-26(22,23)14-16)19(21)9-7-15-6-8-17(24-2)18(13-15)25-3/h6-9,13,16H,4-5,10-12,14H2,1-3H3/b9-7+. The molecule has 0 N–H and O–H groups in total. The first-order chi connectivity index (χ1) is 12.4. The van der Waals surface area contributed by atoms with Gasteiger partial charge in [-0.05, 0) is 36.6 Å². The molecule has 26 heavy (non-hydrogen) atoms. The lowest BCUT2D eigenvalue weighted by Crippen LogP contribution is -2.40. The predicted octanol–water partition coefficient (Wildman–Crippen LogP) is 2.53. The molecule has 1 fully saturated rings. The van der Waals surface area contributed by atoms with Gasteiger partial charge in [-0.1, -0.05) is 19.4 Å². The molecular weight excluding hydrogens is 354 g/mol. The summed E-state index contributed by atoms with van der Waals surface area (Å²) in [5.74, 6) is 1.28. The van der Waals surface area contributed by atoms with Crippen LogP contribution in [0.15, 0.2) is 24.3 Å². The van der Waals surface area contributed by atoms with Crippen LogP contribution < -0.4 is 9.47 Å². The molecule has 1 aliphatic rings. The summed E-state index contributed by atoms with van der Waals surface area (Å²) in [7, 11) is 0.0954. The van der Waals surface area contributed by atoms with Gasteiger partial charge < -0.3 is 14.4 Å². The van der Waals surface area contributed by atoms with Gasteiger partial charge in [0.05, 0.1) is 25.7 Å². The van der Waals surface area contributed by atoms with Gasteiger partial charge in [0.25, 0.3) is 0 Å². The van der Waals surface area contributed by atoms with Crippen LogP contribution in [0.1, 0.15) is 31.7 Å². The van der Waals surface area contributed by atoms with Crippen molar-refractivity contribution in [1.29, 1.82) is 0 Å². The van der Waals surface area contributed by atoms with E-state index in [-0.39, 0.29) is 23.5 Å². The second-order valence-corrected chi connectivity index (χ2v) is 8.62. The number of unbranched alkanes of at least 4 members (excludes halogenated alkanes) is 1. The molecule has 1 aliphatic heterocycles. The molecule has 144 valence electrons. The van der Waals surface area contributed by atoms with Gasteiger partial charge in [-0.25, -0.2) is 8.42 Å². The van der Waals surface area contributed by atoms with E-state index in [1.165, 1.54) is 6.08 Å². The fourth-order valence-corrected chi connectivity index (χ4v) is 4.77. The van der Waals surface area contributed by atoms with Gasteiger partial charge >= 0.3 is 0 Å². The quantitative estimate of drug-likeness (QED) is 0.647. The number of methoxy groups -OCH3 is 2. The van der Waals surface area contributed by atoms with Crippen LogP contribution in [0.2, 0.25) is 0 Å². The molecule has 1 aromatic rings. The van der Waals surface area contributed by atoms with Crippen LogP contribution in [0.5, 0.6) is 11.5 Å². The largest absolute Gasteiger partial charge is 0.493 e. The van der Waals surface area contributed by atoms with Crippen LogP contribution in [0.4, 0.5) is 0 Å². The highest BCUT2D eigenvalue weighted by Gasteiger charge is 2.33. The summed E-state index contributed by atoms with van der Waals surface area (Å²) >= 11 is 0. The molecule has 2 rings (SSSR count). The van der Waals surface area contributed by atoms with Gasteiger partial charge in [-0.2, -0.15) is 0 Å². The highest BCUT2D eigenvalue weighted by molar-refractivity contribution is 7.91. The van der Waals surface area contributed by atoms with Crippen LogP contribution >= 0.6 is 0 Å². The van der Waals surface area contributed by atoms with Crippen molar-refractivity contribution in [2.75, 3.05) is 32.3 Å². The molecule has 1 amide bonds. The number of nitrogens with zero attached hydrogens (tertiary/aromatic N) is 1. The van der Waals surface area contributed by atoms with E-state index in [0.29, 0.717) is 24.5 Å². The topological polar surface area (TPSA) is 72.9 Å². The average Bonchev–Trinajstić information content (AvgIpc) is 2.99. The average molecular weight is 381 g/mol. The van der Waals surface area contributed by atoms with E-state index in [9.17, 15) is 13.2 Å². The van der Waals surface area contributed by atoms with Gasteiger partial charge in [0, 0.05) is 18.7 Å². The number of carbonyl (C=O) groups is 1. The minimum absolute atomic E-state index is 0.0622. The number of amides is 1. The van der Waals surface area contributed by atoms with Gasteiger partial charge in [0.15, 0.2) is 21.3 Å². The van der Waals surface area contributed by atoms with Crippen molar-refractivity contribution >= 4 is 21.8 Å². The predicted molar refractivity (Wildman–Crippen MR) is 102 cm³/mol. The maximum absolute atomic E-state index is 12.7. The lowest BCUT2D eigenvalue weighted by Gasteiger charge is -2.27. The number of hydrogen-bond donors (Lipinski definition) is 0. The molecule has 0 aliphatic carbocycles. The number of sulfone groups is 1. The highest BCUT2D eigenvalue weighted by atomic mass is 32.2. The molecule has 1 aromatic carbocycles. The second kappa shape index (κ2) is 9.07. The Morgan fingerprint density at radius 1 is 1.27 bits per heavy atom. The lowest BCUT2D eigenvalue weighted by molar-refractivity contribution is -0.127. The third kappa shape index (κ3) is 5.24.